The van der Waals surface area contributed by atoms with Gasteiger partial charge in [0.1, 0.15) is 11.2 Å². The summed E-state index contributed by atoms with van der Waals surface area (Å²) in [5.41, 5.74) is 9.98. The van der Waals surface area contributed by atoms with E-state index in [0.29, 0.717) is 5.82 Å². The summed E-state index contributed by atoms with van der Waals surface area (Å²) >= 11 is 0. The van der Waals surface area contributed by atoms with Gasteiger partial charge < -0.3 is 8.98 Å². The first-order chi connectivity index (χ1) is 21.8. The molecule has 0 aliphatic heterocycles. The van der Waals surface area contributed by atoms with Gasteiger partial charge in [0, 0.05) is 43.9 Å². The fourth-order valence-electron chi connectivity index (χ4n) is 6.34. The molecule has 0 aliphatic carbocycles. The standard InChI is InChI=1S/C40H25N3O/c1-3-12-26(13-4-1)34-25-35(27-14-5-2-6-15-27)42-40(41-34)28-16-11-17-29(22-28)43-36-20-9-7-18-30(36)32-24-39-33(23-37(32)43)31-19-8-10-21-38(31)44-39/h1-25H. The predicted molar refractivity (Wildman–Crippen MR) is 180 cm³/mol. The highest BCUT2D eigenvalue weighted by Crippen LogP contribution is 2.38. The molecule has 206 valence electrons. The summed E-state index contributed by atoms with van der Waals surface area (Å²) < 4.78 is 8.61. The van der Waals surface area contributed by atoms with Gasteiger partial charge in [0.25, 0.3) is 0 Å². The Bertz CT molecular complexity index is 2430. The first kappa shape index (κ1) is 24.6. The number of aromatic nitrogens is 3. The van der Waals surface area contributed by atoms with Crippen LogP contribution in [-0.2, 0) is 0 Å². The average molecular weight is 564 g/mol. The van der Waals surface area contributed by atoms with Crippen LogP contribution >= 0.6 is 0 Å². The molecule has 0 unspecified atom stereocenters. The molecule has 0 N–H and O–H groups in total. The summed E-state index contributed by atoms with van der Waals surface area (Å²) in [6.07, 6.45) is 0. The second-order valence-electron chi connectivity index (χ2n) is 11.1. The summed E-state index contributed by atoms with van der Waals surface area (Å²) in [4.78, 5) is 10.2. The number of furan rings is 1. The number of hydrogen-bond acceptors (Lipinski definition) is 3. The highest BCUT2D eigenvalue weighted by atomic mass is 16.3. The molecule has 0 spiro atoms. The van der Waals surface area contributed by atoms with Gasteiger partial charge in [-0.2, -0.15) is 0 Å². The first-order valence-corrected chi connectivity index (χ1v) is 14.8. The monoisotopic (exact) mass is 563 g/mol. The van der Waals surface area contributed by atoms with Crippen LogP contribution < -0.4 is 0 Å². The van der Waals surface area contributed by atoms with E-state index in [2.05, 4.69) is 108 Å². The van der Waals surface area contributed by atoms with Crippen LogP contribution in [0.1, 0.15) is 0 Å². The highest BCUT2D eigenvalue weighted by molar-refractivity contribution is 6.17. The van der Waals surface area contributed by atoms with Gasteiger partial charge in [-0.25, -0.2) is 9.97 Å². The molecule has 0 saturated carbocycles. The second-order valence-corrected chi connectivity index (χ2v) is 11.1. The van der Waals surface area contributed by atoms with Crippen LogP contribution in [0.2, 0.25) is 0 Å². The Morgan fingerprint density at radius 3 is 1.80 bits per heavy atom. The summed E-state index contributed by atoms with van der Waals surface area (Å²) in [6, 6.07) is 52.5. The number of para-hydroxylation sites is 2. The van der Waals surface area contributed by atoms with Gasteiger partial charge in [-0.15, -0.1) is 0 Å². The number of benzene rings is 6. The van der Waals surface area contributed by atoms with Crippen LogP contribution in [0.5, 0.6) is 0 Å². The molecule has 6 aromatic carbocycles. The summed E-state index contributed by atoms with van der Waals surface area (Å²) in [5.74, 6) is 0.691. The Balaban J connectivity index is 1.27. The number of rotatable bonds is 4. The SMILES string of the molecule is c1ccc(-c2cc(-c3ccccc3)nc(-c3cccc(-n4c5ccccc5c5cc6oc7ccccc7c6cc54)c3)n2)cc1. The second kappa shape index (κ2) is 9.79. The lowest BCUT2D eigenvalue weighted by Gasteiger charge is -2.12. The van der Waals surface area contributed by atoms with Crippen LogP contribution in [0.4, 0.5) is 0 Å². The Morgan fingerprint density at radius 2 is 1.05 bits per heavy atom. The van der Waals surface area contributed by atoms with Gasteiger partial charge >= 0.3 is 0 Å². The molecule has 0 atom stereocenters. The van der Waals surface area contributed by atoms with Crippen molar-refractivity contribution in [2.24, 2.45) is 0 Å². The maximum Gasteiger partial charge on any atom is 0.160 e. The Kier molecular flexibility index (Phi) is 5.47. The fraction of sp³-hybridized carbons (Fsp3) is 0. The van der Waals surface area contributed by atoms with Gasteiger partial charge in [0.15, 0.2) is 5.82 Å². The van der Waals surface area contributed by atoms with E-state index in [1.54, 1.807) is 0 Å². The fourth-order valence-corrected chi connectivity index (χ4v) is 6.34. The summed E-state index contributed by atoms with van der Waals surface area (Å²) in [5, 5.41) is 4.57. The average Bonchev–Trinajstić information content (AvgIpc) is 3.62. The van der Waals surface area contributed by atoms with Crippen LogP contribution in [0.3, 0.4) is 0 Å². The molecule has 3 heterocycles. The van der Waals surface area contributed by atoms with E-state index >= 15 is 0 Å². The minimum absolute atomic E-state index is 0.691. The lowest BCUT2D eigenvalue weighted by Crippen LogP contribution is -1.98. The molecule has 0 radical (unpaired) electrons. The quantitative estimate of drug-likeness (QED) is 0.214. The number of hydrogen-bond donors (Lipinski definition) is 0. The van der Waals surface area contributed by atoms with Crippen molar-refractivity contribution in [2.45, 2.75) is 0 Å². The molecule has 0 fully saturated rings. The molecule has 3 aromatic heterocycles. The molecular weight excluding hydrogens is 538 g/mol. The third kappa shape index (κ3) is 3.92. The zero-order chi connectivity index (χ0) is 29.0. The van der Waals surface area contributed by atoms with E-state index in [0.717, 1.165) is 72.1 Å². The summed E-state index contributed by atoms with van der Waals surface area (Å²) in [7, 11) is 0. The van der Waals surface area contributed by atoms with Crippen molar-refractivity contribution in [3.63, 3.8) is 0 Å². The van der Waals surface area contributed by atoms with E-state index < -0.39 is 0 Å². The molecule has 9 aromatic rings. The van der Waals surface area contributed by atoms with Gasteiger partial charge in [-0.3, -0.25) is 0 Å². The summed E-state index contributed by atoms with van der Waals surface area (Å²) in [6.45, 7) is 0. The maximum absolute atomic E-state index is 6.27. The smallest absolute Gasteiger partial charge is 0.160 e. The first-order valence-electron chi connectivity index (χ1n) is 14.8. The Morgan fingerprint density at radius 1 is 0.409 bits per heavy atom. The maximum atomic E-state index is 6.27. The van der Waals surface area contributed by atoms with Crippen LogP contribution in [0.15, 0.2) is 156 Å². The molecule has 0 aliphatic rings. The molecule has 0 saturated heterocycles. The normalized spacial score (nSPS) is 11.6. The number of fused-ring (bicyclic) bond motifs is 6. The lowest BCUT2D eigenvalue weighted by atomic mass is 10.1. The van der Waals surface area contributed by atoms with Gasteiger partial charge in [-0.05, 0) is 42.5 Å². The van der Waals surface area contributed by atoms with Crippen molar-refractivity contribution in [1.82, 2.24) is 14.5 Å². The predicted octanol–water partition coefficient (Wildman–Crippen LogP) is 10.5. The van der Waals surface area contributed by atoms with E-state index in [-0.39, 0.29) is 0 Å². The minimum atomic E-state index is 0.691. The highest BCUT2D eigenvalue weighted by Gasteiger charge is 2.17. The van der Waals surface area contributed by atoms with Crippen molar-refractivity contribution < 1.29 is 4.42 Å². The number of nitrogens with zero attached hydrogens (tertiary/aromatic N) is 3. The van der Waals surface area contributed by atoms with E-state index in [1.165, 1.54) is 5.39 Å². The van der Waals surface area contributed by atoms with Crippen LogP contribution in [0, 0.1) is 0 Å². The van der Waals surface area contributed by atoms with Gasteiger partial charge in [-0.1, -0.05) is 109 Å². The largest absolute Gasteiger partial charge is 0.456 e. The Labute approximate surface area is 253 Å². The van der Waals surface area contributed by atoms with Crippen molar-refractivity contribution in [3.8, 4) is 39.6 Å². The molecule has 4 heteroatoms. The third-order valence-corrected chi connectivity index (χ3v) is 8.40. The zero-order valence-corrected chi connectivity index (χ0v) is 23.7. The van der Waals surface area contributed by atoms with Crippen molar-refractivity contribution >= 4 is 43.7 Å². The van der Waals surface area contributed by atoms with Crippen molar-refractivity contribution in [1.29, 1.82) is 0 Å². The molecule has 9 rings (SSSR count). The molecular formula is C40H25N3O. The van der Waals surface area contributed by atoms with Crippen molar-refractivity contribution in [3.05, 3.63) is 152 Å². The van der Waals surface area contributed by atoms with Crippen molar-refractivity contribution in [2.75, 3.05) is 0 Å². The van der Waals surface area contributed by atoms with E-state index in [4.69, 9.17) is 14.4 Å². The molecule has 0 bridgehead atoms. The van der Waals surface area contributed by atoms with E-state index in [1.807, 2.05) is 48.5 Å². The molecule has 44 heavy (non-hydrogen) atoms. The van der Waals surface area contributed by atoms with Crippen LogP contribution in [-0.4, -0.2) is 14.5 Å². The third-order valence-electron chi connectivity index (χ3n) is 8.40. The van der Waals surface area contributed by atoms with Crippen LogP contribution in [0.25, 0.3) is 83.3 Å². The Hall–Kier alpha value is -6.00. The van der Waals surface area contributed by atoms with Gasteiger partial charge in [0.2, 0.25) is 0 Å². The molecule has 4 nitrogen and oxygen atoms in total. The van der Waals surface area contributed by atoms with Gasteiger partial charge in [0.05, 0.1) is 22.4 Å². The zero-order valence-electron chi connectivity index (χ0n) is 23.7. The van der Waals surface area contributed by atoms with E-state index in [9.17, 15) is 0 Å². The minimum Gasteiger partial charge on any atom is -0.456 e. The lowest BCUT2D eigenvalue weighted by molar-refractivity contribution is 0.669. The topological polar surface area (TPSA) is 43.9 Å². The molecule has 0 amide bonds.